The SMILES string of the molecule is CC(C)C(N)c1noc(Cc2ccccc2Cl)n1. The van der Waals surface area contributed by atoms with E-state index in [0.29, 0.717) is 23.2 Å². The van der Waals surface area contributed by atoms with Crippen LogP contribution in [0.15, 0.2) is 28.8 Å². The fourth-order valence-corrected chi connectivity index (χ4v) is 1.78. The Morgan fingerprint density at radius 1 is 1.33 bits per heavy atom. The van der Waals surface area contributed by atoms with E-state index in [4.69, 9.17) is 21.9 Å². The molecule has 2 rings (SSSR count). The van der Waals surface area contributed by atoms with Crippen molar-refractivity contribution in [2.75, 3.05) is 0 Å². The van der Waals surface area contributed by atoms with Gasteiger partial charge < -0.3 is 10.3 Å². The highest BCUT2D eigenvalue weighted by Gasteiger charge is 2.17. The molecule has 0 bridgehead atoms. The van der Waals surface area contributed by atoms with Crippen LogP contribution in [0.1, 0.15) is 37.2 Å². The van der Waals surface area contributed by atoms with E-state index in [-0.39, 0.29) is 12.0 Å². The Kier molecular flexibility index (Phi) is 3.99. The maximum absolute atomic E-state index is 6.08. The first kappa shape index (κ1) is 13.1. The van der Waals surface area contributed by atoms with Crippen LogP contribution in [0.2, 0.25) is 5.02 Å². The van der Waals surface area contributed by atoms with Crippen LogP contribution < -0.4 is 5.73 Å². The van der Waals surface area contributed by atoms with Gasteiger partial charge in [0.05, 0.1) is 12.5 Å². The second-order valence-electron chi connectivity index (χ2n) is 4.58. The lowest BCUT2D eigenvalue weighted by molar-refractivity contribution is 0.368. The van der Waals surface area contributed by atoms with E-state index in [1.807, 2.05) is 38.1 Å². The van der Waals surface area contributed by atoms with Crippen molar-refractivity contribution >= 4 is 11.6 Å². The molecule has 2 aromatic rings. The summed E-state index contributed by atoms with van der Waals surface area (Å²) in [4.78, 5) is 4.31. The highest BCUT2D eigenvalue weighted by molar-refractivity contribution is 6.31. The predicted octanol–water partition coefficient (Wildman–Crippen LogP) is 2.97. The molecule has 1 aromatic carbocycles. The van der Waals surface area contributed by atoms with Crippen molar-refractivity contribution in [1.29, 1.82) is 0 Å². The summed E-state index contributed by atoms with van der Waals surface area (Å²) in [6.07, 6.45) is 0.525. The largest absolute Gasteiger partial charge is 0.339 e. The Bertz CT molecular complexity index is 524. The Hall–Kier alpha value is -1.39. The van der Waals surface area contributed by atoms with Crippen LogP contribution in [0.3, 0.4) is 0 Å². The molecule has 96 valence electrons. The van der Waals surface area contributed by atoms with Gasteiger partial charge in [-0.3, -0.25) is 0 Å². The third kappa shape index (κ3) is 2.89. The Labute approximate surface area is 111 Å². The first-order valence-electron chi connectivity index (χ1n) is 5.89. The van der Waals surface area contributed by atoms with E-state index in [2.05, 4.69) is 10.1 Å². The Balaban J connectivity index is 2.14. The van der Waals surface area contributed by atoms with Crippen LogP contribution in [0.25, 0.3) is 0 Å². The minimum Gasteiger partial charge on any atom is -0.339 e. The van der Waals surface area contributed by atoms with Gasteiger partial charge in [-0.2, -0.15) is 4.98 Å². The molecular formula is C13H16ClN3O. The van der Waals surface area contributed by atoms with Gasteiger partial charge in [0, 0.05) is 5.02 Å². The molecule has 0 saturated carbocycles. The summed E-state index contributed by atoms with van der Waals surface area (Å²) in [7, 11) is 0. The standard InChI is InChI=1S/C13H16ClN3O/c1-8(2)12(15)13-16-11(18-17-13)7-9-5-3-4-6-10(9)14/h3-6,8,12H,7,15H2,1-2H3. The fraction of sp³-hybridized carbons (Fsp3) is 0.385. The molecule has 1 atom stereocenters. The number of benzene rings is 1. The van der Waals surface area contributed by atoms with Crippen LogP contribution in [0, 0.1) is 5.92 Å². The average molecular weight is 266 g/mol. The number of rotatable bonds is 4. The minimum absolute atomic E-state index is 0.200. The second kappa shape index (κ2) is 5.50. The van der Waals surface area contributed by atoms with E-state index in [1.54, 1.807) is 0 Å². The number of nitrogens with two attached hydrogens (primary N) is 1. The molecule has 0 aliphatic rings. The van der Waals surface area contributed by atoms with Crippen molar-refractivity contribution < 1.29 is 4.52 Å². The van der Waals surface area contributed by atoms with Gasteiger partial charge in [0.1, 0.15) is 0 Å². The molecule has 1 heterocycles. The molecule has 0 radical (unpaired) electrons. The molecule has 0 aliphatic carbocycles. The van der Waals surface area contributed by atoms with Gasteiger partial charge in [0.2, 0.25) is 5.89 Å². The quantitative estimate of drug-likeness (QED) is 0.923. The normalized spacial score (nSPS) is 12.9. The van der Waals surface area contributed by atoms with Crippen LogP contribution >= 0.6 is 11.6 Å². The summed E-state index contributed by atoms with van der Waals surface area (Å²) in [5.74, 6) is 1.36. The molecule has 0 spiro atoms. The summed E-state index contributed by atoms with van der Waals surface area (Å²) >= 11 is 6.08. The highest BCUT2D eigenvalue weighted by atomic mass is 35.5. The first-order valence-corrected chi connectivity index (χ1v) is 6.27. The zero-order valence-electron chi connectivity index (χ0n) is 10.4. The lowest BCUT2D eigenvalue weighted by Gasteiger charge is -2.09. The molecule has 0 saturated heterocycles. The predicted molar refractivity (Wildman–Crippen MR) is 70.3 cm³/mol. The van der Waals surface area contributed by atoms with Gasteiger partial charge in [-0.1, -0.05) is 48.8 Å². The van der Waals surface area contributed by atoms with Gasteiger partial charge in [0.25, 0.3) is 0 Å². The smallest absolute Gasteiger partial charge is 0.231 e. The van der Waals surface area contributed by atoms with Crippen LogP contribution in [-0.2, 0) is 6.42 Å². The molecule has 5 heteroatoms. The lowest BCUT2D eigenvalue weighted by Crippen LogP contribution is -2.18. The summed E-state index contributed by atoms with van der Waals surface area (Å²) in [5, 5.41) is 4.61. The average Bonchev–Trinajstić information content (AvgIpc) is 2.79. The van der Waals surface area contributed by atoms with E-state index in [1.165, 1.54) is 0 Å². The van der Waals surface area contributed by atoms with Gasteiger partial charge in [-0.15, -0.1) is 0 Å². The van der Waals surface area contributed by atoms with Crippen molar-refractivity contribution in [3.05, 3.63) is 46.6 Å². The van der Waals surface area contributed by atoms with Gasteiger partial charge in [0.15, 0.2) is 5.82 Å². The van der Waals surface area contributed by atoms with Crippen LogP contribution in [0.4, 0.5) is 0 Å². The molecule has 18 heavy (non-hydrogen) atoms. The number of hydrogen-bond donors (Lipinski definition) is 1. The van der Waals surface area contributed by atoms with E-state index >= 15 is 0 Å². The summed E-state index contributed by atoms with van der Waals surface area (Å²) in [5.41, 5.74) is 6.93. The monoisotopic (exact) mass is 265 g/mol. The maximum atomic E-state index is 6.08. The zero-order valence-corrected chi connectivity index (χ0v) is 11.2. The fourth-order valence-electron chi connectivity index (χ4n) is 1.58. The van der Waals surface area contributed by atoms with Crippen LogP contribution in [0.5, 0.6) is 0 Å². The number of halogens is 1. The van der Waals surface area contributed by atoms with E-state index in [9.17, 15) is 0 Å². The molecule has 4 nitrogen and oxygen atoms in total. The molecule has 1 aromatic heterocycles. The summed E-state index contributed by atoms with van der Waals surface area (Å²) < 4.78 is 5.20. The van der Waals surface area contributed by atoms with Gasteiger partial charge >= 0.3 is 0 Å². The van der Waals surface area contributed by atoms with E-state index < -0.39 is 0 Å². The van der Waals surface area contributed by atoms with Crippen LogP contribution in [-0.4, -0.2) is 10.1 Å². The number of aromatic nitrogens is 2. The molecule has 2 N–H and O–H groups in total. The highest BCUT2D eigenvalue weighted by Crippen LogP contribution is 2.20. The number of nitrogens with zero attached hydrogens (tertiary/aromatic N) is 2. The summed E-state index contributed by atoms with van der Waals surface area (Å²) in [6.45, 7) is 4.05. The molecule has 0 amide bonds. The maximum Gasteiger partial charge on any atom is 0.231 e. The third-order valence-electron chi connectivity index (χ3n) is 2.80. The summed E-state index contributed by atoms with van der Waals surface area (Å²) in [6, 6.07) is 7.40. The van der Waals surface area contributed by atoms with Crippen molar-refractivity contribution in [1.82, 2.24) is 10.1 Å². The first-order chi connectivity index (χ1) is 8.58. The van der Waals surface area contributed by atoms with Crippen molar-refractivity contribution in [2.45, 2.75) is 26.3 Å². The van der Waals surface area contributed by atoms with Crippen molar-refractivity contribution in [2.24, 2.45) is 11.7 Å². The van der Waals surface area contributed by atoms with E-state index in [0.717, 1.165) is 5.56 Å². The lowest BCUT2D eigenvalue weighted by atomic mass is 10.1. The Morgan fingerprint density at radius 3 is 2.72 bits per heavy atom. The second-order valence-corrected chi connectivity index (χ2v) is 4.99. The molecule has 0 fully saturated rings. The van der Waals surface area contributed by atoms with Gasteiger partial charge in [-0.25, -0.2) is 0 Å². The molecule has 0 aliphatic heterocycles. The topological polar surface area (TPSA) is 64.9 Å². The van der Waals surface area contributed by atoms with Gasteiger partial charge in [-0.05, 0) is 17.5 Å². The third-order valence-corrected chi connectivity index (χ3v) is 3.17. The zero-order chi connectivity index (χ0) is 13.1. The van der Waals surface area contributed by atoms with Crippen molar-refractivity contribution in [3.8, 4) is 0 Å². The molecule has 1 unspecified atom stereocenters. The minimum atomic E-state index is -0.200. The van der Waals surface area contributed by atoms with Crippen molar-refractivity contribution in [3.63, 3.8) is 0 Å². The molecular weight excluding hydrogens is 250 g/mol. The number of hydrogen-bond acceptors (Lipinski definition) is 4. The Morgan fingerprint density at radius 2 is 2.06 bits per heavy atom.